The van der Waals surface area contributed by atoms with Gasteiger partial charge < -0.3 is 9.84 Å². The molecule has 16 heavy (non-hydrogen) atoms. The van der Waals surface area contributed by atoms with Crippen molar-refractivity contribution in [1.29, 1.82) is 0 Å². The van der Waals surface area contributed by atoms with E-state index in [0.717, 1.165) is 12.0 Å². The number of methoxy groups -OCH3 is 1. The lowest BCUT2D eigenvalue weighted by molar-refractivity contribution is -0.147. The Morgan fingerprint density at radius 1 is 1.50 bits per heavy atom. The SMILES string of the molecule is COc1cc(Cl)ccc1C1(C(=O)O)CCC1. The number of carbonyl (C=O) groups is 1. The van der Waals surface area contributed by atoms with Crippen LogP contribution in [0, 0.1) is 0 Å². The van der Waals surface area contributed by atoms with E-state index in [4.69, 9.17) is 16.3 Å². The molecule has 0 aromatic heterocycles. The van der Waals surface area contributed by atoms with E-state index < -0.39 is 11.4 Å². The van der Waals surface area contributed by atoms with Gasteiger partial charge in [0.05, 0.1) is 12.5 Å². The van der Waals surface area contributed by atoms with Crippen LogP contribution in [-0.2, 0) is 10.2 Å². The highest BCUT2D eigenvalue weighted by Gasteiger charge is 2.47. The molecule has 3 nitrogen and oxygen atoms in total. The van der Waals surface area contributed by atoms with Crippen molar-refractivity contribution >= 4 is 17.6 Å². The van der Waals surface area contributed by atoms with Gasteiger partial charge >= 0.3 is 5.97 Å². The number of hydrogen-bond acceptors (Lipinski definition) is 2. The Morgan fingerprint density at radius 2 is 2.19 bits per heavy atom. The van der Waals surface area contributed by atoms with Gasteiger partial charge in [-0.2, -0.15) is 0 Å². The Kier molecular flexibility index (Phi) is 2.80. The van der Waals surface area contributed by atoms with Gasteiger partial charge in [0.2, 0.25) is 0 Å². The molecule has 0 atom stereocenters. The molecule has 1 aromatic rings. The molecular weight excluding hydrogens is 228 g/mol. The number of aliphatic carboxylic acids is 1. The van der Waals surface area contributed by atoms with Crippen LogP contribution in [0.4, 0.5) is 0 Å². The molecule has 1 fully saturated rings. The van der Waals surface area contributed by atoms with Gasteiger partial charge in [-0.25, -0.2) is 0 Å². The third-order valence-electron chi connectivity index (χ3n) is 3.30. The molecule has 0 radical (unpaired) electrons. The molecule has 0 amide bonds. The second kappa shape index (κ2) is 3.98. The van der Waals surface area contributed by atoms with Crippen molar-refractivity contribution in [3.8, 4) is 5.75 Å². The summed E-state index contributed by atoms with van der Waals surface area (Å²) in [5.41, 5.74) is -0.0335. The summed E-state index contributed by atoms with van der Waals surface area (Å²) in [4.78, 5) is 11.4. The van der Waals surface area contributed by atoms with E-state index in [1.54, 1.807) is 18.2 Å². The standard InChI is InChI=1S/C12H13ClO3/c1-16-10-7-8(13)3-4-9(10)12(11(14)15)5-2-6-12/h3-4,7H,2,5-6H2,1H3,(H,14,15). The Balaban J connectivity index is 2.50. The average Bonchev–Trinajstić information content (AvgIpc) is 2.17. The summed E-state index contributed by atoms with van der Waals surface area (Å²) < 4.78 is 5.21. The minimum absolute atomic E-state index is 0.556. The lowest BCUT2D eigenvalue weighted by Crippen LogP contribution is -2.42. The first-order chi connectivity index (χ1) is 7.60. The molecule has 0 saturated heterocycles. The fourth-order valence-electron chi connectivity index (χ4n) is 2.19. The molecule has 1 aliphatic carbocycles. The van der Waals surface area contributed by atoms with E-state index in [1.807, 2.05) is 0 Å². The Hall–Kier alpha value is -1.22. The van der Waals surface area contributed by atoms with Crippen LogP contribution in [-0.4, -0.2) is 18.2 Å². The number of hydrogen-bond donors (Lipinski definition) is 1. The number of ether oxygens (including phenoxy) is 1. The second-order valence-corrected chi connectivity index (χ2v) is 4.52. The van der Waals surface area contributed by atoms with Crippen molar-refractivity contribution in [2.45, 2.75) is 24.7 Å². The van der Waals surface area contributed by atoms with Gasteiger partial charge in [0.1, 0.15) is 5.75 Å². The molecule has 1 N–H and O–H groups in total. The molecule has 2 rings (SSSR count). The molecular formula is C12H13ClO3. The van der Waals surface area contributed by atoms with E-state index in [2.05, 4.69) is 0 Å². The summed E-state index contributed by atoms with van der Waals surface area (Å²) >= 11 is 5.86. The highest BCUT2D eigenvalue weighted by atomic mass is 35.5. The van der Waals surface area contributed by atoms with E-state index in [0.29, 0.717) is 23.6 Å². The highest BCUT2D eigenvalue weighted by molar-refractivity contribution is 6.30. The summed E-state index contributed by atoms with van der Waals surface area (Å²) in [6.07, 6.45) is 2.28. The molecule has 1 aromatic carbocycles. The van der Waals surface area contributed by atoms with Crippen LogP contribution in [0.25, 0.3) is 0 Å². The molecule has 0 aliphatic heterocycles. The predicted molar refractivity (Wildman–Crippen MR) is 61.2 cm³/mol. The first-order valence-electron chi connectivity index (χ1n) is 5.17. The van der Waals surface area contributed by atoms with Crippen molar-refractivity contribution in [3.63, 3.8) is 0 Å². The summed E-state index contributed by atoms with van der Waals surface area (Å²) in [5.74, 6) is -0.214. The molecule has 4 heteroatoms. The van der Waals surface area contributed by atoms with Gasteiger partial charge in [0.25, 0.3) is 0 Å². The minimum Gasteiger partial charge on any atom is -0.496 e. The zero-order valence-corrected chi connectivity index (χ0v) is 9.75. The maximum atomic E-state index is 11.4. The fourth-order valence-corrected chi connectivity index (χ4v) is 2.35. The minimum atomic E-state index is -0.778. The maximum Gasteiger partial charge on any atom is 0.314 e. The zero-order chi connectivity index (χ0) is 11.8. The lowest BCUT2D eigenvalue weighted by Gasteiger charge is -2.38. The molecule has 0 unspecified atom stereocenters. The van der Waals surface area contributed by atoms with Crippen LogP contribution < -0.4 is 4.74 Å². The van der Waals surface area contributed by atoms with Gasteiger partial charge in [-0.15, -0.1) is 0 Å². The summed E-state index contributed by atoms with van der Waals surface area (Å²) in [7, 11) is 1.53. The van der Waals surface area contributed by atoms with Crippen LogP contribution in [0.3, 0.4) is 0 Å². The number of rotatable bonds is 3. The van der Waals surface area contributed by atoms with E-state index in [-0.39, 0.29) is 0 Å². The largest absolute Gasteiger partial charge is 0.496 e. The van der Waals surface area contributed by atoms with E-state index >= 15 is 0 Å². The van der Waals surface area contributed by atoms with E-state index in [9.17, 15) is 9.90 Å². The predicted octanol–water partition coefficient (Wildman–Crippen LogP) is 2.85. The zero-order valence-electron chi connectivity index (χ0n) is 9.00. The van der Waals surface area contributed by atoms with E-state index in [1.165, 1.54) is 7.11 Å². The smallest absolute Gasteiger partial charge is 0.314 e. The van der Waals surface area contributed by atoms with Crippen LogP contribution in [0.2, 0.25) is 5.02 Å². The van der Waals surface area contributed by atoms with Crippen molar-refractivity contribution in [1.82, 2.24) is 0 Å². The Morgan fingerprint density at radius 3 is 2.62 bits per heavy atom. The number of carboxylic acid groups (broad SMARTS) is 1. The highest BCUT2D eigenvalue weighted by Crippen LogP contribution is 2.47. The monoisotopic (exact) mass is 240 g/mol. The number of halogens is 1. The number of carboxylic acids is 1. The first-order valence-corrected chi connectivity index (χ1v) is 5.55. The van der Waals surface area contributed by atoms with Gasteiger partial charge in [-0.05, 0) is 25.0 Å². The van der Waals surface area contributed by atoms with Gasteiger partial charge in [0, 0.05) is 10.6 Å². The molecule has 1 saturated carbocycles. The molecule has 0 spiro atoms. The molecule has 86 valence electrons. The third kappa shape index (κ3) is 1.55. The van der Waals surface area contributed by atoms with Crippen molar-refractivity contribution < 1.29 is 14.6 Å². The van der Waals surface area contributed by atoms with Crippen LogP contribution in [0.5, 0.6) is 5.75 Å². The first kappa shape index (κ1) is 11.3. The second-order valence-electron chi connectivity index (χ2n) is 4.09. The molecule has 1 aliphatic rings. The lowest BCUT2D eigenvalue weighted by atomic mass is 9.64. The normalized spacial score (nSPS) is 17.6. The topological polar surface area (TPSA) is 46.5 Å². The summed E-state index contributed by atoms with van der Waals surface area (Å²) in [6, 6.07) is 5.14. The average molecular weight is 241 g/mol. The quantitative estimate of drug-likeness (QED) is 0.884. The Bertz CT molecular complexity index is 424. The summed E-state index contributed by atoms with van der Waals surface area (Å²) in [6.45, 7) is 0. The van der Waals surface area contributed by atoms with Gasteiger partial charge in [-0.1, -0.05) is 24.1 Å². The van der Waals surface area contributed by atoms with Crippen LogP contribution in [0.1, 0.15) is 24.8 Å². The number of benzene rings is 1. The van der Waals surface area contributed by atoms with Gasteiger partial charge in [-0.3, -0.25) is 4.79 Å². The third-order valence-corrected chi connectivity index (χ3v) is 3.53. The van der Waals surface area contributed by atoms with Crippen molar-refractivity contribution in [3.05, 3.63) is 28.8 Å². The summed E-state index contributed by atoms with van der Waals surface area (Å²) in [5, 5.41) is 9.89. The van der Waals surface area contributed by atoms with Crippen LogP contribution in [0.15, 0.2) is 18.2 Å². The molecule has 0 bridgehead atoms. The fraction of sp³-hybridized carbons (Fsp3) is 0.417. The van der Waals surface area contributed by atoms with Crippen molar-refractivity contribution in [2.24, 2.45) is 0 Å². The maximum absolute atomic E-state index is 11.4. The Labute approximate surface area is 99.0 Å². The van der Waals surface area contributed by atoms with Gasteiger partial charge in [0.15, 0.2) is 0 Å². The van der Waals surface area contributed by atoms with Crippen molar-refractivity contribution in [2.75, 3.05) is 7.11 Å². The molecule has 0 heterocycles. The van der Waals surface area contributed by atoms with Crippen LogP contribution >= 0.6 is 11.6 Å².